The molecule has 0 saturated carbocycles. The van der Waals surface area contributed by atoms with Crippen LogP contribution in [-0.4, -0.2) is 67.6 Å². The van der Waals surface area contributed by atoms with Crippen molar-refractivity contribution in [1.29, 1.82) is 0 Å². The second-order valence-electron chi connectivity index (χ2n) is 8.85. The van der Waals surface area contributed by atoms with Gasteiger partial charge in [0.2, 0.25) is 15.9 Å². The lowest BCUT2D eigenvalue weighted by Crippen LogP contribution is -2.47. The van der Waals surface area contributed by atoms with Crippen LogP contribution in [0.1, 0.15) is 44.1 Å². The van der Waals surface area contributed by atoms with Crippen molar-refractivity contribution >= 4 is 15.9 Å². The Morgan fingerprint density at radius 2 is 1.71 bits per heavy atom. The van der Waals surface area contributed by atoms with Gasteiger partial charge in [-0.15, -0.1) is 0 Å². The van der Waals surface area contributed by atoms with E-state index in [0.29, 0.717) is 57.1 Å². The van der Waals surface area contributed by atoms with Crippen LogP contribution in [0.25, 0.3) is 0 Å². The maximum Gasteiger partial charge on any atom is 0.248 e. The average Bonchev–Trinajstić information content (AvgIpc) is 3.19. The van der Waals surface area contributed by atoms with E-state index in [0.717, 1.165) is 24.3 Å². The number of amides is 1. The lowest BCUT2D eigenvalue weighted by atomic mass is 9.95. The molecule has 10 heteroatoms. The van der Waals surface area contributed by atoms with Gasteiger partial charge in [-0.2, -0.15) is 4.31 Å². The molecule has 1 aromatic heterocycles. The number of carbonyl (C=O) groups excluding carboxylic acids is 1. The van der Waals surface area contributed by atoms with Gasteiger partial charge < -0.3 is 18.9 Å². The Labute approximate surface area is 201 Å². The zero-order valence-electron chi connectivity index (χ0n) is 20.0. The summed E-state index contributed by atoms with van der Waals surface area (Å²) in [7, 11) is -3.67. The molecule has 0 N–H and O–H groups in total. The highest BCUT2D eigenvalue weighted by Crippen LogP contribution is 2.31. The van der Waals surface area contributed by atoms with Crippen molar-refractivity contribution in [2.24, 2.45) is 5.92 Å². The molecule has 2 saturated heterocycles. The second kappa shape index (κ2) is 10.4. The summed E-state index contributed by atoms with van der Waals surface area (Å²) in [4.78, 5) is 15.2. The fourth-order valence-corrected chi connectivity index (χ4v) is 6.53. The molecule has 2 aromatic rings. The van der Waals surface area contributed by atoms with Gasteiger partial charge in [0.1, 0.15) is 16.7 Å². The Balaban J connectivity index is 1.29. The van der Waals surface area contributed by atoms with Gasteiger partial charge in [-0.1, -0.05) is 17.3 Å². The first kappa shape index (κ1) is 24.5. The number of aryl methyl sites for hydroxylation is 2. The largest absolute Gasteiger partial charge is 0.490 e. The molecule has 4 rings (SSSR count). The number of nitrogens with zero attached hydrogens (tertiary/aromatic N) is 3. The van der Waals surface area contributed by atoms with E-state index in [4.69, 9.17) is 14.0 Å². The van der Waals surface area contributed by atoms with Crippen molar-refractivity contribution < 1.29 is 27.2 Å². The van der Waals surface area contributed by atoms with Crippen molar-refractivity contribution in [2.75, 3.05) is 32.8 Å². The molecule has 0 bridgehead atoms. The van der Waals surface area contributed by atoms with Gasteiger partial charge >= 0.3 is 0 Å². The quantitative estimate of drug-likeness (QED) is 0.586. The summed E-state index contributed by atoms with van der Waals surface area (Å²) in [6.45, 7) is 7.65. The first-order valence-electron chi connectivity index (χ1n) is 11.9. The Kier molecular flexibility index (Phi) is 7.47. The van der Waals surface area contributed by atoms with Crippen molar-refractivity contribution in [1.82, 2.24) is 14.4 Å². The minimum absolute atomic E-state index is 0.0349. The van der Waals surface area contributed by atoms with E-state index in [1.54, 1.807) is 13.8 Å². The fraction of sp³-hybridized carbons (Fsp3) is 0.583. The van der Waals surface area contributed by atoms with Crippen LogP contribution in [0.2, 0.25) is 0 Å². The van der Waals surface area contributed by atoms with Crippen molar-refractivity contribution in [2.45, 2.75) is 57.5 Å². The standard InChI is InChI=1S/C24H33N3O6S/c1-4-31-21-7-5-6-8-22(21)32-20-11-13-26(14-12-20)24(28)19-9-15-27(16-10-19)34(29,30)23-17(2)25-33-18(23)3/h5-8,19-20H,4,9-16H2,1-3H3. The van der Waals surface area contributed by atoms with Crippen molar-refractivity contribution in [3.8, 4) is 11.5 Å². The number of benzene rings is 1. The fourth-order valence-electron chi connectivity index (χ4n) is 4.77. The molecular formula is C24H33N3O6S. The van der Waals surface area contributed by atoms with Gasteiger partial charge in [0.25, 0.3) is 0 Å². The highest BCUT2D eigenvalue weighted by Gasteiger charge is 2.37. The molecule has 2 fully saturated rings. The van der Waals surface area contributed by atoms with Crippen molar-refractivity contribution in [3.63, 3.8) is 0 Å². The molecule has 2 aliphatic rings. The topological polar surface area (TPSA) is 102 Å². The van der Waals surface area contributed by atoms with Crippen LogP contribution < -0.4 is 9.47 Å². The predicted molar refractivity (Wildman–Crippen MR) is 125 cm³/mol. The first-order valence-corrected chi connectivity index (χ1v) is 13.4. The van der Waals surface area contributed by atoms with Gasteiger partial charge in [-0.3, -0.25) is 4.79 Å². The summed E-state index contributed by atoms with van der Waals surface area (Å²) in [6, 6.07) is 7.65. The number of piperidine rings is 2. The highest BCUT2D eigenvalue weighted by atomic mass is 32.2. The van der Waals surface area contributed by atoms with Crippen LogP contribution in [0.4, 0.5) is 0 Å². The lowest BCUT2D eigenvalue weighted by Gasteiger charge is -2.37. The van der Waals surface area contributed by atoms with E-state index in [-0.39, 0.29) is 22.8 Å². The van der Waals surface area contributed by atoms with Crippen LogP contribution in [0.5, 0.6) is 11.5 Å². The minimum Gasteiger partial charge on any atom is -0.490 e. The lowest BCUT2D eigenvalue weighted by molar-refractivity contribution is -0.138. The molecule has 0 radical (unpaired) electrons. The Bertz CT molecular complexity index is 1080. The molecule has 9 nitrogen and oxygen atoms in total. The third-order valence-electron chi connectivity index (χ3n) is 6.57. The van der Waals surface area contributed by atoms with Gasteiger partial charge in [-0.05, 0) is 45.7 Å². The number of hydrogen-bond donors (Lipinski definition) is 0. The van der Waals surface area contributed by atoms with Crippen LogP contribution in [0.15, 0.2) is 33.7 Å². The van der Waals surface area contributed by atoms with Gasteiger partial charge in [0.15, 0.2) is 17.3 Å². The van der Waals surface area contributed by atoms with Gasteiger partial charge in [0, 0.05) is 44.9 Å². The minimum atomic E-state index is -3.67. The Morgan fingerprint density at radius 1 is 1.06 bits per heavy atom. The molecule has 0 unspecified atom stereocenters. The molecule has 186 valence electrons. The Hall–Kier alpha value is -2.59. The number of ether oxygens (including phenoxy) is 2. The number of para-hydroxylation sites is 2. The normalized spacial score (nSPS) is 18.7. The second-order valence-corrected chi connectivity index (χ2v) is 10.7. The van der Waals surface area contributed by atoms with E-state index >= 15 is 0 Å². The maximum atomic E-state index is 13.1. The van der Waals surface area contributed by atoms with E-state index in [9.17, 15) is 13.2 Å². The molecule has 34 heavy (non-hydrogen) atoms. The smallest absolute Gasteiger partial charge is 0.248 e. The number of sulfonamides is 1. The number of carbonyl (C=O) groups is 1. The maximum absolute atomic E-state index is 13.1. The number of likely N-dealkylation sites (tertiary alicyclic amines) is 1. The molecule has 2 aliphatic heterocycles. The van der Waals surface area contributed by atoms with E-state index < -0.39 is 10.0 Å². The summed E-state index contributed by atoms with van der Waals surface area (Å²) < 4.78 is 44.4. The number of hydrogen-bond acceptors (Lipinski definition) is 7. The third kappa shape index (κ3) is 5.07. The van der Waals surface area contributed by atoms with Crippen molar-refractivity contribution in [3.05, 3.63) is 35.7 Å². The summed E-state index contributed by atoms with van der Waals surface area (Å²) >= 11 is 0. The molecule has 0 spiro atoms. The summed E-state index contributed by atoms with van der Waals surface area (Å²) in [5.74, 6) is 1.72. The molecule has 0 atom stereocenters. The first-order chi connectivity index (χ1) is 16.3. The molecule has 1 aromatic carbocycles. The predicted octanol–water partition coefficient (Wildman–Crippen LogP) is 3.16. The summed E-state index contributed by atoms with van der Waals surface area (Å²) in [5, 5.41) is 3.77. The molecule has 3 heterocycles. The van der Waals surface area contributed by atoms with Gasteiger partial charge in [-0.25, -0.2) is 8.42 Å². The number of aromatic nitrogens is 1. The van der Waals surface area contributed by atoms with E-state index in [2.05, 4.69) is 5.16 Å². The zero-order valence-corrected chi connectivity index (χ0v) is 20.8. The van der Waals surface area contributed by atoms with Crippen LogP contribution in [0, 0.1) is 19.8 Å². The molecule has 0 aliphatic carbocycles. The van der Waals surface area contributed by atoms with Crippen LogP contribution in [-0.2, 0) is 14.8 Å². The highest BCUT2D eigenvalue weighted by molar-refractivity contribution is 7.89. The number of rotatable bonds is 7. The zero-order chi connectivity index (χ0) is 24.3. The van der Waals surface area contributed by atoms with E-state index in [1.165, 1.54) is 4.31 Å². The third-order valence-corrected chi connectivity index (χ3v) is 8.71. The molecular weight excluding hydrogens is 458 g/mol. The molecule has 1 amide bonds. The SMILES string of the molecule is CCOc1ccccc1OC1CCN(C(=O)C2CCN(S(=O)(=O)c3c(C)noc3C)CC2)CC1. The monoisotopic (exact) mass is 491 g/mol. The van der Waals surface area contributed by atoms with Crippen LogP contribution >= 0.6 is 0 Å². The summed E-state index contributed by atoms with van der Waals surface area (Å²) in [5.41, 5.74) is 0.365. The summed E-state index contributed by atoms with van der Waals surface area (Å²) in [6.07, 6.45) is 2.57. The van der Waals surface area contributed by atoms with Crippen LogP contribution in [0.3, 0.4) is 0 Å². The van der Waals surface area contributed by atoms with Gasteiger partial charge in [0.05, 0.1) is 6.61 Å². The average molecular weight is 492 g/mol. The Morgan fingerprint density at radius 3 is 2.29 bits per heavy atom. The van der Waals surface area contributed by atoms with E-state index in [1.807, 2.05) is 36.1 Å².